The van der Waals surface area contributed by atoms with Crippen molar-refractivity contribution in [2.24, 2.45) is 10.9 Å². The first-order valence-electron chi connectivity index (χ1n) is 8.40. The Morgan fingerprint density at radius 3 is 2.33 bits per heavy atom. The van der Waals surface area contributed by atoms with Crippen molar-refractivity contribution in [3.05, 3.63) is 35.6 Å². The van der Waals surface area contributed by atoms with Crippen LogP contribution in [0.5, 0.6) is 0 Å². The second-order valence-corrected chi connectivity index (χ2v) is 6.30. The van der Waals surface area contributed by atoms with Gasteiger partial charge in [0.25, 0.3) is 0 Å². The fourth-order valence-corrected chi connectivity index (χ4v) is 2.18. The van der Waals surface area contributed by atoms with Crippen LogP contribution in [0.25, 0.3) is 0 Å². The molecule has 1 aromatic rings. The Balaban J connectivity index is 0.00000529. The molecule has 0 fully saturated rings. The molecule has 0 aromatic heterocycles. The molecule has 3 N–H and O–H groups in total. The van der Waals surface area contributed by atoms with Crippen molar-refractivity contribution < 1.29 is 9.50 Å². The third-order valence-electron chi connectivity index (χ3n) is 3.58. The predicted octanol–water partition coefficient (Wildman–Crippen LogP) is 3.86. The van der Waals surface area contributed by atoms with Crippen LogP contribution in [-0.4, -0.2) is 30.2 Å². The fourth-order valence-electron chi connectivity index (χ4n) is 2.18. The van der Waals surface area contributed by atoms with Gasteiger partial charge < -0.3 is 15.7 Å². The van der Waals surface area contributed by atoms with Crippen molar-refractivity contribution in [3.8, 4) is 0 Å². The molecule has 4 nitrogen and oxygen atoms in total. The smallest absolute Gasteiger partial charge is 0.191 e. The zero-order chi connectivity index (χ0) is 17.2. The van der Waals surface area contributed by atoms with Gasteiger partial charge in [0.1, 0.15) is 5.82 Å². The molecule has 0 aliphatic heterocycles. The van der Waals surface area contributed by atoms with Gasteiger partial charge in [0.2, 0.25) is 0 Å². The van der Waals surface area contributed by atoms with E-state index in [1.165, 1.54) is 12.1 Å². The van der Waals surface area contributed by atoms with E-state index in [9.17, 15) is 9.50 Å². The van der Waals surface area contributed by atoms with Crippen molar-refractivity contribution in [2.75, 3.05) is 13.1 Å². The average Bonchev–Trinajstić information content (AvgIpc) is 2.51. The van der Waals surface area contributed by atoms with E-state index in [4.69, 9.17) is 0 Å². The minimum atomic E-state index is -0.739. The number of guanidine groups is 1. The number of benzene rings is 1. The lowest BCUT2D eigenvalue weighted by atomic mass is 10.0. The summed E-state index contributed by atoms with van der Waals surface area (Å²) in [5, 5.41) is 16.7. The van der Waals surface area contributed by atoms with E-state index in [1.54, 1.807) is 12.1 Å². The summed E-state index contributed by atoms with van der Waals surface area (Å²) in [6.07, 6.45) is 1.49. The number of rotatable bonds is 8. The zero-order valence-corrected chi connectivity index (χ0v) is 17.4. The van der Waals surface area contributed by atoms with Gasteiger partial charge >= 0.3 is 0 Å². The molecule has 2 unspecified atom stereocenters. The van der Waals surface area contributed by atoms with E-state index < -0.39 is 6.10 Å². The van der Waals surface area contributed by atoms with Gasteiger partial charge in [-0.15, -0.1) is 24.0 Å². The van der Waals surface area contributed by atoms with Crippen LogP contribution >= 0.6 is 24.0 Å². The lowest BCUT2D eigenvalue weighted by Crippen LogP contribution is -2.42. The number of aliphatic hydroxyl groups is 1. The first-order valence-corrected chi connectivity index (χ1v) is 8.40. The Morgan fingerprint density at radius 2 is 1.79 bits per heavy atom. The normalized spacial score (nSPS) is 14.0. The average molecular weight is 451 g/mol. The van der Waals surface area contributed by atoms with Gasteiger partial charge in [-0.3, -0.25) is 4.99 Å². The third kappa shape index (κ3) is 9.42. The summed E-state index contributed by atoms with van der Waals surface area (Å²) in [6, 6.07) is 6.18. The second-order valence-electron chi connectivity index (χ2n) is 6.30. The quantitative estimate of drug-likeness (QED) is 0.320. The molecule has 1 aromatic carbocycles. The maximum absolute atomic E-state index is 12.9. The number of nitrogens with one attached hydrogen (secondary N) is 2. The fraction of sp³-hybridized carbons (Fsp3) is 0.611. The van der Waals surface area contributed by atoms with E-state index in [0.717, 1.165) is 19.4 Å². The van der Waals surface area contributed by atoms with Gasteiger partial charge in [0.15, 0.2) is 5.96 Å². The van der Waals surface area contributed by atoms with Crippen LogP contribution in [0.4, 0.5) is 4.39 Å². The molecule has 0 spiro atoms. The van der Waals surface area contributed by atoms with E-state index in [1.807, 2.05) is 6.92 Å². The largest absolute Gasteiger partial charge is 0.386 e. The highest BCUT2D eigenvalue weighted by molar-refractivity contribution is 14.0. The Bertz CT molecular complexity index is 480. The zero-order valence-electron chi connectivity index (χ0n) is 15.1. The second kappa shape index (κ2) is 12.5. The summed E-state index contributed by atoms with van der Waals surface area (Å²) in [6.45, 7) is 9.56. The van der Waals surface area contributed by atoms with E-state index in [0.29, 0.717) is 23.5 Å². The SMILES string of the molecule is CCNC(=NCC(O)c1ccc(F)cc1)NC(C)CCC(C)C.I. The molecule has 0 bridgehead atoms. The molecule has 0 aliphatic rings. The van der Waals surface area contributed by atoms with Crippen LogP contribution in [0.2, 0.25) is 0 Å². The first-order chi connectivity index (χ1) is 10.9. The predicted molar refractivity (Wildman–Crippen MR) is 109 cm³/mol. The maximum atomic E-state index is 12.9. The number of aliphatic hydroxyl groups excluding tert-OH is 1. The van der Waals surface area contributed by atoms with Crippen LogP contribution in [0.3, 0.4) is 0 Å². The van der Waals surface area contributed by atoms with Crippen molar-refractivity contribution in [3.63, 3.8) is 0 Å². The van der Waals surface area contributed by atoms with Gasteiger partial charge in [-0.25, -0.2) is 4.39 Å². The Hall–Kier alpha value is -0.890. The Morgan fingerprint density at radius 1 is 1.17 bits per heavy atom. The van der Waals surface area contributed by atoms with Crippen molar-refractivity contribution in [1.82, 2.24) is 10.6 Å². The molecule has 2 atom stereocenters. The molecular weight excluding hydrogens is 420 g/mol. The number of hydrogen-bond donors (Lipinski definition) is 3. The standard InChI is InChI=1S/C18H30FN3O.HI/c1-5-20-18(22-14(4)7-6-13(2)3)21-12-17(23)15-8-10-16(19)11-9-15;/h8-11,13-14,17,23H,5-7,12H2,1-4H3,(H2,20,21,22);1H. The van der Waals surface area contributed by atoms with Crippen LogP contribution in [-0.2, 0) is 0 Å². The molecule has 0 heterocycles. The highest BCUT2D eigenvalue weighted by atomic mass is 127. The minimum Gasteiger partial charge on any atom is -0.386 e. The Kier molecular flexibility index (Phi) is 12.0. The van der Waals surface area contributed by atoms with Crippen molar-refractivity contribution in [1.29, 1.82) is 0 Å². The van der Waals surface area contributed by atoms with Crippen molar-refractivity contribution in [2.45, 2.75) is 52.7 Å². The lowest BCUT2D eigenvalue weighted by Gasteiger charge is -2.19. The number of halogens is 2. The number of nitrogens with zero attached hydrogens (tertiary/aromatic N) is 1. The van der Waals surface area contributed by atoms with Crippen LogP contribution in [0.1, 0.15) is 52.2 Å². The lowest BCUT2D eigenvalue weighted by molar-refractivity contribution is 0.187. The number of aliphatic imine (C=N–C) groups is 1. The molecule has 0 aliphatic carbocycles. The van der Waals surface area contributed by atoms with Gasteiger partial charge in [-0.2, -0.15) is 0 Å². The van der Waals surface area contributed by atoms with Gasteiger partial charge in [0, 0.05) is 12.6 Å². The third-order valence-corrected chi connectivity index (χ3v) is 3.58. The maximum Gasteiger partial charge on any atom is 0.191 e. The highest BCUT2D eigenvalue weighted by Gasteiger charge is 2.09. The number of hydrogen-bond acceptors (Lipinski definition) is 2. The summed E-state index contributed by atoms with van der Waals surface area (Å²) in [4.78, 5) is 4.43. The Labute approximate surface area is 162 Å². The molecule has 0 radical (unpaired) electrons. The van der Waals surface area contributed by atoms with Gasteiger partial charge in [0.05, 0.1) is 12.6 Å². The molecule has 1 rings (SSSR count). The van der Waals surface area contributed by atoms with Gasteiger partial charge in [-0.1, -0.05) is 26.0 Å². The van der Waals surface area contributed by atoms with Crippen LogP contribution < -0.4 is 10.6 Å². The van der Waals surface area contributed by atoms with E-state index >= 15 is 0 Å². The molecule has 6 heteroatoms. The summed E-state index contributed by atoms with van der Waals surface area (Å²) in [7, 11) is 0. The molecular formula is C18H31FIN3O. The molecule has 138 valence electrons. The molecule has 0 saturated heterocycles. The summed E-state index contributed by atoms with van der Waals surface area (Å²) in [5.74, 6) is 1.07. The topological polar surface area (TPSA) is 56.7 Å². The first kappa shape index (κ1) is 23.1. The summed E-state index contributed by atoms with van der Waals surface area (Å²) in [5.41, 5.74) is 0.666. The summed E-state index contributed by atoms with van der Waals surface area (Å²) >= 11 is 0. The van der Waals surface area contributed by atoms with Crippen LogP contribution in [0.15, 0.2) is 29.3 Å². The molecule has 24 heavy (non-hydrogen) atoms. The van der Waals surface area contributed by atoms with Crippen molar-refractivity contribution >= 4 is 29.9 Å². The monoisotopic (exact) mass is 451 g/mol. The van der Waals surface area contributed by atoms with E-state index in [2.05, 4.69) is 36.4 Å². The minimum absolute atomic E-state index is 0. The molecule has 0 amide bonds. The highest BCUT2D eigenvalue weighted by Crippen LogP contribution is 2.13. The van der Waals surface area contributed by atoms with E-state index in [-0.39, 0.29) is 36.3 Å². The van der Waals surface area contributed by atoms with Crippen LogP contribution in [0, 0.1) is 11.7 Å². The molecule has 0 saturated carbocycles. The van der Waals surface area contributed by atoms with Gasteiger partial charge in [-0.05, 0) is 50.3 Å². The summed E-state index contributed by atoms with van der Waals surface area (Å²) < 4.78 is 12.9.